The van der Waals surface area contributed by atoms with Gasteiger partial charge < -0.3 is 14.9 Å². The summed E-state index contributed by atoms with van der Waals surface area (Å²) < 4.78 is 10.4. The highest BCUT2D eigenvalue weighted by molar-refractivity contribution is 5.54. The maximum Gasteiger partial charge on any atom is 0.248 e. The lowest BCUT2D eigenvalue weighted by Gasteiger charge is -1.98. The van der Waals surface area contributed by atoms with Crippen LogP contribution in [-0.4, -0.2) is 22.3 Å². The summed E-state index contributed by atoms with van der Waals surface area (Å²) in [6, 6.07) is 3.48. The molecule has 6 heteroatoms. The third-order valence-corrected chi connectivity index (χ3v) is 1.98. The highest BCUT2D eigenvalue weighted by Crippen LogP contribution is 2.21. The quantitative estimate of drug-likeness (QED) is 0.862. The fraction of sp³-hybridized carbons (Fsp3) is 0.182. The summed E-state index contributed by atoms with van der Waals surface area (Å²) in [6.07, 6.45) is 3.22. The van der Waals surface area contributed by atoms with E-state index < -0.39 is 0 Å². The van der Waals surface area contributed by atoms with E-state index in [1.807, 2.05) is 0 Å². The van der Waals surface area contributed by atoms with Crippen molar-refractivity contribution in [1.29, 1.82) is 0 Å². The van der Waals surface area contributed by atoms with Crippen LogP contribution >= 0.6 is 0 Å². The van der Waals surface area contributed by atoms with Crippen LogP contribution in [0.3, 0.4) is 0 Å². The van der Waals surface area contributed by atoms with Crippen molar-refractivity contribution in [3.63, 3.8) is 0 Å². The first-order valence-electron chi connectivity index (χ1n) is 4.97. The van der Waals surface area contributed by atoms with Crippen molar-refractivity contribution in [1.82, 2.24) is 15.2 Å². The zero-order valence-electron chi connectivity index (χ0n) is 9.54. The maximum atomic E-state index is 5.52. The number of allylic oxidation sites excluding steroid dienone is 1. The van der Waals surface area contributed by atoms with E-state index in [-0.39, 0.29) is 0 Å². The Kier molecular flexibility index (Phi) is 3.04. The molecule has 0 fully saturated rings. The van der Waals surface area contributed by atoms with Gasteiger partial charge in [0.05, 0.1) is 7.11 Å². The minimum atomic E-state index is 0.371. The van der Waals surface area contributed by atoms with E-state index in [1.54, 1.807) is 38.4 Å². The molecule has 6 nitrogen and oxygen atoms in total. The van der Waals surface area contributed by atoms with Crippen LogP contribution in [-0.2, 0) is 0 Å². The first kappa shape index (κ1) is 11.1. The second-order valence-corrected chi connectivity index (χ2v) is 3.42. The molecule has 2 rings (SSSR count). The Labute approximate surface area is 98.1 Å². The van der Waals surface area contributed by atoms with Crippen molar-refractivity contribution in [3.8, 4) is 17.3 Å². The number of hydrogen-bond donors (Lipinski definition) is 1. The molecule has 0 aliphatic carbocycles. The second kappa shape index (κ2) is 4.65. The van der Waals surface area contributed by atoms with Gasteiger partial charge in [-0.3, -0.25) is 0 Å². The molecular weight excluding hydrogens is 220 g/mol. The molecule has 0 saturated carbocycles. The average molecular weight is 232 g/mol. The minimum absolute atomic E-state index is 0.371. The third-order valence-electron chi connectivity index (χ3n) is 1.98. The minimum Gasteiger partial charge on any atom is -0.481 e. The molecule has 0 aliphatic heterocycles. The number of rotatable bonds is 3. The van der Waals surface area contributed by atoms with Gasteiger partial charge in [0, 0.05) is 29.6 Å². The lowest BCUT2D eigenvalue weighted by Crippen LogP contribution is -1.89. The lowest BCUT2D eigenvalue weighted by molar-refractivity contribution is 0.398. The molecule has 0 atom stereocenters. The van der Waals surface area contributed by atoms with Crippen molar-refractivity contribution < 1.29 is 9.15 Å². The van der Waals surface area contributed by atoms with E-state index >= 15 is 0 Å². The molecule has 0 amide bonds. The van der Waals surface area contributed by atoms with Crippen molar-refractivity contribution in [2.24, 2.45) is 5.73 Å². The Morgan fingerprint density at radius 1 is 1.47 bits per heavy atom. The summed E-state index contributed by atoms with van der Waals surface area (Å²) in [6.45, 7) is 1.75. The first-order chi connectivity index (χ1) is 8.19. The number of nitrogens with zero attached hydrogens (tertiary/aromatic N) is 3. The summed E-state index contributed by atoms with van der Waals surface area (Å²) >= 11 is 0. The monoisotopic (exact) mass is 232 g/mol. The van der Waals surface area contributed by atoms with Gasteiger partial charge in [0.1, 0.15) is 0 Å². The van der Waals surface area contributed by atoms with Crippen LogP contribution in [0.25, 0.3) is 17.5 Å². The van der Waals surface area contributed by atoms with E-state index in [4.69, 9.17) is 14.9 Å². The van der Waals surface area contributed by atoms with Gasteiger partial charge in [-0.15, -0.1) is 10.2 Å². The van der Waals surface area contributed by atoms with Gasteiger partial charge in [0.15, 0.2) is 0 Å². The Morgan fingerprint density at radius 2 is 2.29 bits per heavy atom. The van der Waals surface area contributed by atoms with E-state index in [2.05, 4.69) is 15.2 Å². The van der Waals surface area contributed by atoms with Crippen molar-refractivity contribution in [2.75, 3.05) is 7.11 Å². The number of nitrogens with two attached hydrogens (primary N) is 1. The molecule has 0 bridgehead atoms. The Morgan fingerprint density at radius 3 is 3.00 bits per heavy atom. The molecule has 2 aromatic heterocycles. The van der Waals surface area contributed by atoms with Crippen LogP contribution in [0.2, 0.25) is 0 Å². The van der Waals surface area contributed by atoms with Crippen LogP contribution in [0.15, 0.2) is 28.4 Å². The highest BCUT2D eigenvalue weighted by atomic mass is 16.5. The zero-order chi connectivity index (χ0) is 12.3. The Balaban J connectivity index is 2.33. The first-order valence-corrected chi connectivity index (χ1v) is 4.97. The molecule has 0 radical (unpaired) electrons. The van der Waals surface area contributed by atoms with Gasteiger partial charge in [-0.2, -0.15) is 0 Å². The summed E-state index contributed by atoms with van der Waals surface area (Å²) in [7, 11) is 1.55. The van der Waals surface area contributed by atoms with Crippen LogP contribution in [0.4, 0.5) is 0 Å². The third kappa shape index (κ3) is 2.60. The summed E-state index contributed by atoms with van der Waals surface area (Å²) in [5, 5.41) is 7.77. The fourth-order valence-electron chi connectivity index (χ4n) is 1.26. The number of pyridine rings is 1. The molecule has 88 valence electrons. The van der Waals surface area contributed by atoms with Gasteiger partial charge in [-0.25, -0.2) is 4.98 Å². The second-order valence-electron chi connectivity index (χ2n) is 3.42. The molecule has 0 saturated heterocycles. The normalized spacial score (nSPS) is 11.5. The molecule has 2 N–H and O–H groups in total. The fourth-order valence-corrected chi connectivity index (χ4v) is 1.26. The standard InChI is InChI=1S/C11H12N4O2/c1-7(12)5-10-14-15-11(17-10)8-3-4-13-9(6-8)16-2/h3-6H,12H2,1-2H3/b7-5+. The number of methoxy groups -OCH3 is 1. The highest BCUT2D eigenvalue weighted by Gasteiger charge is 2.08. The number of aromatic nitrogens is 3. The molecule has 0 aromatic carbocycles. The van der Waals surface area contributed by atoms with Gasteiger partial charge in [0.25, 0.3) is 0 Å². The molecule has 0 spiro atoms. The summed E-state index contributed by atoms with van der Waals surface area (Å²) in [4.78, 5) is 3.99. The molecule has 2 heterocycles. The maximum absolute atomic E-state index is 5.52. The van der Waals surface area contributed by atoms with Crippen molar-refractivity contribution in [3.05, 3.63) is 29.9 Å². The molecule has 0 aliphatic rings. The van der Waals surface area contributed by atoms with Gasteiger partial charge in [0.2, 0.25) is 17.7 Å². The summed E-state index contributed by atoms with van der Waals surface area (Å²) in [5.41, 5.74) is 6.87. The molecular formula is C11H12N4O2. The molecule has 0 unspecified atom stereocenters. The van der Waals surface area contributed by atoms with Gasteiger partial charge >= 0.3 is 0 Å². The molecule has 17 heavy (non-hydrogen) atoms. The lowest BCUT2D eigenvalue weighted by atomic mass is 10.3. The van der Waals surface area contributed by atoms with Gasteiger partial charge in [-0.05, 0) is 13.0 Å². The smallest absolute Gasteiger partial charge is 0.248 e. The Hall–Kier alpha value is -2.37. The van der Waals surface area contributed by atoms with Gasteiger partial charge in [-0.1, -0.05) is 0 Å². The SMILES string of the molecule is COc1cc(-c2nnc(/C=C(\C)N)o2)ccn1. The van der Waals surface area contributed by atoms with Crippen molar-refractivity contribution in [2.45, 2.75) is 6.92 Å². The largest absolute Gasteiger partial charge is 0.481 e. The van der Waals surface area contributed by atoms with Crippen LogP contribution in [0, 0.1) is 0 Å². The van der Waals surface area contributed by atoms with E-state index in [0.29, 0.717) is 23.4 Å². The Bertz CT molecular complexity index is 544. The van der Waals surface area contributed by atoms with E-state index in [1.165, 1.54) is 0 Å². The van der Waals surface area contributed by atoms with E-state index in [9.17, 15) is 0 Å². The topological polar surface area (TPSA) is 87.1 Å². The summed E-state index contributed by atoms with van der Waals surface area (Å²) in [5.74, 6) is 1.27. The van der Waals surface area contributed by atoms with Crippen LogP contribution in [0.1, 0.15) is 12.8 Å². The predicted molar refractivity (Wildman–Crippen MR) is 61.9 cm³/mol. The average Bonchev–Trinajstić information content (AvgIpc) is 2.77. The predicted octanol–water partition coefficient (Wildman–Crippen LogP) is 1.46. The van der Waals surface area contributed by atoms with Crippen LogP contribution < -0.4 is 10.5 Å². The van der Waals surface area contributed by atoms with Crippen LogP contribution in [0.5, 0.6) is 5.88 Å². The number of hydrogen-bond acceptors (Lipinski definition) is 6. The zero-order valence-corrected chi connectivity index (χ0v) is 9.54. The number of ether oxygens (including phenoxy) is 1. The van der Waals surface area contributed by atoms with E-state index in [0.717, 1.165) is 5.56 Å². The van der Waals surface area contributed by atoms with Crippen molar-refractivity contribution >= 4 is 6.08 Å². The molecule has 2 aromatic rings.